The van der Waals surface area contributed by atoms with Gasteiger partial charge in [0.2, 0.25) is 0 Å². The summed E-state index contributed by atoms with van der Waals surface area (Å²) >= 11 is 0. The molecule has 4 nitrogen and oxygen atoms in total. The summed E-state index contributed by atoms with van der Waals surface area (Å²) in [6.07, 6.45) is 0. The number of anilines is 2. The molecule has 0 aliphatic heterocycles. The van der Waals surface area contributed by atoms with Crippen LogP contribution in [-0.2, 0) is 10.0 Å². The Morgan fingerprint density at radius 1 is 1.25 bits per heavy atom. The van der Waals surface area contributed by atoms with Gasteiger partial charge >= 0.3 is 5.76 Å². The molecule has 0 unspecified atom stereocenters. The van der Waals surface area contributed by atoms with E-state index < -0.39 is 38.8 Å². The Kier molecular flexibility index (Phi) is 3.27. The van der Waals surface area contributed by atoms with Crippen LogP contribution in [0.2, 0.25) is 0 Å². The molecule has 0 aliphatic carbocycles. The number of rotatable bonds is 3. The molecule has 0 saturated carbocycles. The molecule has 0 atom stereocenters. The quantitative estimate of drug-likeness (QED) is 0.637. The molecule has 9 heteroatoms. The summed E-state index contributed by atoms with van der Waals surface area (Å²) in [7, 11) is -5.08. The van der Waals surface area contributed by atoms with Gasteiger partial charge in [-0.2, -0.15) is 8.78 Å². The van der Waals surface area contributed by atoms with Crippen LogP contribution >= 0.6 is 0 Å². The second-order valence-electron chi connectivity index (χ2n) is 2.73. The third-order valence-corrected chi connectivity index (χ3v) is 2.56. The molecular formula is C7H6F4N2O2S. The first kappa shape index (κ1) is 12.6. The van der Waals surface area contributed by atoms with Gasteiger partial charge in [0.1, 0.15) is 5.69 Å². The number of hydrogen-bond acceptors (Lipinski definition) is 3. The van der Waals surface area contributed by atoms with Crippen LogP contribution in [0, 0.1) is 11.6 Å². The molecular weight excluding hydrogens is 252 g/mol. The Bertz CT molecular complexity index is 503. The van der Waals surface area contributed by atoms with Gasteiger partial charge in [-0.05, 0) is 12.1 Å². The van der Waals surface area contributed by atoms with Gasteiger partial charge in [0.05, 0.1) is 5.69 Å². The highest BCUT2D eigenvalue weighted by atomic mass is 32.2. The van der Waals surface area contributed by atoms with Crippen LogP contribution < -0.4 is 10.5 Å². The lowest BCUT2D eigenvalue weighted by Crippen LogP contribution is -2.22. The van der Waals surface area contributed by atoms with Crippen molar-refractivity contribution in [3.05, 3.63) is 23.8 Å². The second-order valence-corrected chi connectivity index (χ2v) is 4.38. The molecule has 0 amide bonds. The molecule has 16 heavy (non-hydrogen) atoms. The summed E-state index contributed by atoms with van der Waals surface area (Å²) in [6.45, 7) is 0. The van der Waals surface area contributed by atoms with Crippen molar-refractivity contribution in [1.82, 2.24) is 0 Å². The van der Waals surface area contributed by atoms with E-state index in [-0.39, 0.29) is 0 Å². The second kappa shape index (κ2) is 4.16. The average molecular weight is 258 g/mol. The van der Waals surface area contributed by atoms with E-state index in [0.29, 0.717) is 6.07 Å². The minimum Gasteiger partial charge on any atom is -0.397 e. The maximum atomic E-state index is 13.0. The fourth-order valence-electron chi connectivity index (χ4n) is 0.856. The molecule has 0 bridgehead atoms. The number of nitrogens with one attached hydrogen (secondary N) is 1. The summed E-state index contributed by atoms with van der Waals surface area (Å²) in [6, 6.07) is 1.49. The van der Waals surface area contributed by atoms with Crippen molar-refractivity contribution in [3.8, 4) is 0 Å². The number of nitrogen functional groups attached to an aromatic ring is 1. The molecule has 0 saturated heterocycles. The lowest BCUT2D eigenvalue weighted by atomic mass is 10.2. The Morgan fingerprint density at radius 3 is 2.31 bits per heavy atom. The first-order valence-electron chi connectivity index (χ1n) is 3.79. The Morgan fingerprint density at radius 2 is 1.81 bits per heavy atom. The lowest BCUT2D eigenvalue weighted by Gasteiger charge is -2.10. The van der Waals surface area contributed by atoms with Gasteiger partial charge in [-0.25, -0.2) is 17.2 Å². The van der Waals surface area contributed by atoms with Crippen molar-refractivity contribution in [2.45, 2.75) is 5.76 Å². The fourth-order valence-corrected chi connectivity index (χ4v) is 1.44. The molecule has 0 radical (unpaired) electrons. The number of hydrogen-bond donors (Lipinski definition) is 2. The van der Waals surface area contributed by atoms with E-state index >= 15 is 0 Å². The highest BCUT2D eigenvalue weighted by Gasteiger charge is 2.26. The Balaban J connectivity index is 3.21. The van der Waals surface area contributed by atoms with Crippen molar-refractivity contribution in [3.63, 3.8) is 0 Å². The Labute approximate surface area is 88.1 Å². The maximum Gasteiger partial charge on any atom is 0.355 e. The average Bonchev–Trinajstić information content (AvgIpc) is 2.18. The van der Waals surface area contributed by atoms with Crippen LogP contribution in [0.15, 0.2) is 12.1 Å². The fraction of sp³-hybridized carbons (Fsp3) is 0.143. The third-order valence-electron chi connectivity index (χ3n) is 1.61. The van der Waals surface area contributed by atoms with E-state index in [1.807, 2.05) is 0 Å². The van der Waals surface area contributed by atoms with Crippen LogP contribution in [0.3, 0.4) is 0 Å². The zero-order valence-corrected chi connectivity index (χ0v) is 8.36. The molecule has 90 valence electrons. The number of sulfonamides is 1. The van der Waals surface area contributed by atoms with Gasteiger partial charge in [-0.1, -0.05) is 0 Å². The van der Waals surface area contributed by atoms with Crippen molar-refractivity contribution >= 4 is 21.4 Å². The van der Waals surface area contributed by atoms with Crippen LogP contribution in [0.1, 0.15) is 0 Å². The molecule has 3 N–H and O–H groups in total. The predicted molar refractivity (Wildman–Crippen MR) is 49.3 cm³/mol. The van der Waals surface area contributed by atoms with Crippen molar-refractivity contribution in [2.75, 3.05) is 10.5 Å². The third kappa shape index (κ3) is 2.35. The number of benzene rings is 1. The summed E-state index contributed by atoms with van der Waals surface area (Å²) < 4.78 is 72.2. The molecule has 0 fully saturated rings. The van der Waals surface area contributed by atoms with Gasteiger partial charge in [0, 0.05) is 0 Å². The van der Waals surface area contributed by atoms with Gasteiger partial charge in [-0.15, -0.1) is 0 Å². The highest BCUT2D eigenvalue weighted by Crippen LogP contribution is 2.26. The van der Waals surface area contributed by atoms with Gasteiger partial charge in [0.15, 0.2) is 11.6 Å². The molecule has 1 aromatic rings. The summed E-state index contributed by atoms with van der Waals surface area (Å²) in [5.41, 5.74) is 3.59. The van der Waals surface area contributed by atoms with E-state index in [4.69, 9.17) is 5.73 Å². The normalized spacial score (nSPS) is 11.8. The standard InChI is InChI=1S/C7H6F4N2O2S/c8-3-1-2-4(12)6(5(3)9)13-16(14,15)7(10)11/h1-2,7,13H,12H2. The zero-order chi connectivity index (χ0) is 12.5. The van der Waals surface area contributed by atoms with Crippen molar-refractivity contribution < 1.29 is 26.0 Å². The monoisotopic (exact) mass is 258 g/mol. The Hall–Kier alpha value is -1.51. The zero-order valence-electron chi connectivity index (χ0n) is 7.55. The highest BCUT2D eigenvalue weighted by molar-refractivity contribution is 7.93. The largest absolute Gasteiger partial charge is 0.397 e. The van der Waals surface area contributed by atoms with E-state index in [0.717, 1.165) is 6.07 Å². The topological polar surface area (TPSA) is 72.2 Å². The molecule has 1 rings (SSSR count). The van der Waals surface area contributed by atoms with Crippen molar-refractivity contribution in [1.29, 1.82) is 0 Å². The first-order valence-corrected chi connectivity index (χ1v) is 5.33. The van der Waals surface area contributed by atoms with Gasteiger partial charge < -0.3 is 5.73 Å². The summed E-state index contributed by atoms with van der Waals surface area (Å²) in [4.78, 5) is 0. The maximum absolute atomic E-state index is 13.0. The molecule has 0 heterocycles. The smallest absolute Gasteiger partial charge is 0.355 e. The van der Waals surface area contributed by atoms with Crippen LogP contribution in [0.25, 0.3) is 0 Å². The van der Waals surface area contributed by atoms with Crippen molar-refractivity contribution in [2.24, 2.45) is 0 Å². The molecule has 1 aromatic carbocycles. The molecule has 0 aliphatic rings. The number of nitrogens with two attached hydrogens (primary N) is 1. The number of alkyl halides is 2. The van der Waals surface area contributed by atoms with Gasteiger partial charge in [0.25, 0.3) is 10.0 Å². The van der Waals surface area contributed by atoms with Gasteiger partial charge in [-0.3, -0.25) is 4.72 Å². The molecule has 0 spiro atoms. The SMILES string of the molecule is Nc1ccc(F)c(F)c1NS(=O)(=O)C(F)F. The minimum absolute atomic E-state index is 0.497. The minimum atomic E-state index is -5.08. The number of halogens is 4. The van der Waals surface area contributed by atoms with Crippen LogP contribution in [0.5, 0.6) is 0 Å². The van der Waals surface area contributed by atoms with E-state index in [1.54, 1.807) is 0 Å². The van der Waals surface area contributed by atoms with Crippen LogP contribution in [-0.4, -0.2) is 14.2 Å². The van der Waals surface area contributed by atoms with E-state index in [2.05, 4.69) is 0 Å². The van der Waals surface area contributed by atoms with E-state index in [1.165, 1.54) is 4.72 Å². The molecule has 0 aromatic heterocycles. The summed E-state index contributed by atoms with van der Waals surface area (Å²) in [5.74, 6) is -6.81. The first-order chi connectivity index (χ1) is 7.25. The predicted octanol–water partition coefficient (Wildman–Crippen LogP) is 1.51. The van der Waals surface area contributed by atoms with Crippen LogP contribution in [0.4, 0.5) is 28.9 Å². The van der Waals surface area contributed by atoms with E-state index in [9.17, 15) is 26.0 Å². The summed E-state index contributed by atoms with van der Waals surface area (Å²) in [5, 5.41) is 0. The lowest BCUT2D eigenvalue weighted by molar-refractivity contribution is 0.236.